The Bertz CT molecular complexity index is 1230. The predicted molar refractivity (Wildman–Crippen MR) is 139 cm³/mol. The smallest absolute Gasteiger partial charge is 0.331 e. The Balaban J connectivity index is 1.54. The fraction of sp³-hybridized carbons (Fsp3) is 0.429. The summed E-state index contributed by atoms with van der Waals surface area (Å²) < 4.78 is 19.8. The molecule has 1 N–H and O–H groups in total. The molecule has 2 aliphatic rings. The molecule has 2 aromatic carbocycles. The van der Waals surface area contributed by atoms with Gasteiger partial charge in [-0.3, -0.25) is 24.2 Å². The summed E-state index contributed by atoms with van der Waals surface area (Å²) >= 11 is 0. The number of ether oxygens (including phenoxy) is 1. The number of para-hydroxylation sites is 1. The second-order valence-electron chi connectivity index (χ2n) is 9.73. The van der Waals surface area contributed by atoms with E-state index in [1.54, 1.807) is 42.2 Å². The summed E-state index contributed by atoms with van der Waals surface area (Å²) in [7, 11) is 2.89. The lowest BCUT2D eigenvalue weighted by Crippen LogP contribution is -2.61. The molecule has 2 aliphatic heterocycles. The number of amides is 5. The third-order valence-corrected chi connectivity index (χ3v) is 7.60. The molecular weight excluding hydrogens is 491 g/mol. The molecule has 1 unspecified atom stereocenters. The molecule has 9 nitrogen and oxygen atoms in total. The van der Waals surface area contributed by atoms with Gasteiger partial charge in [0.05, 0.1) is 11.7 Å². The molecule has 0 aliphatic carbocycles. The Hall–Kier alpha value is -3.79. The number of likely N-dealkylation sites (N-methyl/N-ethyl adjacent to an activating group) is 1. The maximum atomic E-state index is 14.4. The lowest BCUT2D eigenvalue weighted by atomic mass is 9.85. The van der Waals surface area contributed by atoms with Gasteiger partial charge >= 0.3 is 6.03 Å². The molecule has 0 radical (unpaired) electrons. The molecule has 38 heavy (non-hydrogen) atoms. The summed E-state index contributed by atoms with van der Waals surface area (Å²) in [6, 6.07) is 11.8. The number of piperidine rings is 1. The van der Waals surface area contributed by atoms with Crippen molar-refractivity contribution in [1.29, 1.82) is 0 Å². The van der Waals surface area contributed by atoms with Gasteiger partial charge < -0.3 is 15.0 Å². The van der Waals surface area contributed by atoms with Crippen molar-refractivity contribution in [2.24, 2.45) is 0 Å². The molecule has 10 heteroatoms. The molecule has 2 heterocycles. The van der Waals surface area contributed by atoms with Crippen LogP contribution in [-0.2, 0) is 20.7 Å². The molecule has 1 spiro atoms. The summed E-state index contributed by atoms with van der Waals surface area (Å²) in [5, 5.41) is 2.66. The highest BCUT2D eigenvalue weighted by atomic mass is 19.1. The monoisotopic (exact) mass is 524 g/mol. The van der Waals surface area contributed by atoms with Crippen molar-refractivity contribution in [3.05, 3.63) is 65.5 Å². The minimum absolute atomic E-state index is 0.139. The van der Waals surface area contributed by atoms with E-state index in [9.17, 15) is 23.6 Å². The number of halogens is 1. The number of aryl methyl sites for hydroxylation is 1. The summed E-state index contributed by atoms with van der Waals surface area (Å²) in [4.78, 5) is 57.1. The highest BCUT2D eigenvalue weighted by molar-refractivity contribution is 6.16. The number of hydrogen-bond donors (Lipinski definition) is 1. The number of carbonyl (C=O) groups is 4. The van der Waals surface area contributed by atoms with Gasteiger partial charge in [0.2, 0.25) is 5.91 Å². The van der Waals surface area contributed by atoms with Crippen molar-refractivity contribution in [3.63, 3.8) is 0 Å². The van der Waals surface area contributed by atoms with Crippen LogP contribution < -0.4 is 10.2 Å². The lowest BCUT2D eigenvalue weighted by Gasteiger charge is -2.43. The molecule has 2 fully saturated rings. The van der Waals surface area contributed by atoms with Gasteiger partial charge in [0.15, 0.2) is 0 Å². The van der Waals surface area contributed by atoms with E-state index in [-0.39, 0.29) is 37.4 Å². The standard InChI is InChI=1S/C28H33FN4O5/c1-5-19-11-12-22(29)21(17-19)24(34)30-23(18(2)38-4)25(35)32-15-13-28(14-16-32)26(36)31(3)27(37)33(28)20-9-7-6-8-10-20/h6-12,17-18,23H,5,13-16H2,1-4H3,(H,30,34)/t18?,23-/m1/s1. The Morgan fingerprint density at radius 2 is 1.76 bits per heavy atom. The van der Waals surface area contributed by atoms with Gasteiger partial charge in [-0.05, 0) is 56.0 Å². The Morgan fingerprint density at radius 3 is 2.37 bits per heavy atom. The first-order valence-electron chi connectivity index (χ1n) is 12.7. The Labute approximate surface area is 221 Å². The molecule has 2 atom stereocenters. The van der Waals surface area contributed by atoms with Crippen LogP contribution >= 0.6 is 0 Å². The van der Waals surface area contributed by atoms with Crippen LogP contribution in [0.15, 0.2) is 48.5 Å². The molecular formula is C28H33FN4O5. The number of nitrogens with one attached hydrogen (secondary N) is 1. The molecule has 0 bridgehead atoms. The van der Waals surface area contributed by atoms with E-state index < -0.39 is 41.3 Å². The van der Waals surface area contributed by atoms with Crippen LogP contribution in [0.5, 0.6) is 0 Å². The number of carbonyl (C=O) groups excluding carboxylic acids is 4. The number of nitrogens with zero attached hydrogens (tertiary/aromatic N) is 3. The van der Waals surface area contributed by atoms with Gasteiger partial charge in [0.25, 0.3) is 11.8 Å². The molecule has 4 rings (SSSR count). The third kappa shape index (κ3) is 4.76. The van der Waals surface area contributed by atoms with Crippen LogP contribution in [0.2, 0.25) is 0 Å². The SMILES string of the molecule is CCc1ccc(F)c(C(=O)N[C@@H](C(=O)N2CCC3(CC2)C(=O)N(C)C(=O)N3c2ccccc2)C(C)OC)c1. The van der Waals surface area contributed by atoms with Crippen LogP contribution in [0.3, 0.4) is 0 Å². The van der Waals surface area contributed by atoms with Crippen LogP contribution in [0.1, 0.15) is 42.6 Å². The fourth-order valence-electron chi connectivity index (χ4n) is 5.19. The van der Waals surface area contributed by atoms with Gasteiger partial charge in [-0.25, -0.2) is 9.18 Å². The van der Waals surface area contributed by atoms with E-state index in [4.69, 9.17) is 4.74 Å². The number of likely N-dealkylation sites (tertiary alicyclic amines) is 1. The van der Waals surface area contributed by atoms with Crippen LogP contribution in [0.25, 0.3) is 0 Å². The second-order valence-corrected chi connectivity index (χ2v) is 9.73. The zero-order chi connectivity index (χ0) is 27.6. The topological polar surface area (TPSA) is 99.3 Å². The quantitative estimate of drug-likeness (QED) is 0.562. The largest absolute Gasteiger partial charge is 0.379 e. The highest BCUT2D eigenvalue weighted by Gasteiger charge is 2.58. The number of rotatable bonds is 7. The predicted octanol–water partition coefficient (Wildman–Crippen LogP) is 2.98. The number of hydrogen-bond acceptors (Lipinski definition) is 5. The first kappa shape index (κ1) is 27.3. The third-order valence-electron chi connectivity index (χ3n) is 7.60. The highest BCUT2D eigenvalue weighted by Crippen LogP contribution is 2.40. The van der Waals surface area contributed by atoms with E-state index in [2.05, 4.69) is 5.32 Å². The first-order valence-corrected chi connectivity index (χ1v) is 12.7. The van der Waals surface area contributed by atoms with Crippen molar-refractivity contribution in [1.82, 2.24) is 15.1 Å². The second kappa shape index (κ2) is 10.9. The summed E-state index contributed by atoms with van der Waals surface area (Å²) in [6.45, 7) is 3.93. The van der Waals surface area contributed by atoms with E-state index in [1.165, 1.54) is 31.2 Å². The van der Waals surface area contributed by atoms with Gasteiger partial charge in [-0.1, -0.05) is 31.2 Å². The van der Waals surface area contributed by atoms with Crippen molar-refractivity contribution in [3.8, 4) is 0 Å². The van der Waals surface area contributed by atoms with E-state index in [0.717, 1.165) is 10.5 Å². The Morgan fingerprint density at radius 1 is 1.11 bits per heavy atom. The maximum Gasteiger partial charge on any atom is 0.331 e. The van der Waals surface area contributed by atoms with Crippen molar-refractivity contribution in [2.75, 3.05) is 32.1 Å². The average Bonchev–Trinajstić information content (AvgIpc) is 3.12. The maximum absolute atomic E-state index is 14.4. The average molecular weight is 525 g/mol. The zero-order valence-corrected chi connectivity index (χ0v) is 22.1. The molecule has 202 valence electrons. The van der Waals surface area contributed by atoms with Gasteiger partial charge in [-0.2, -0.15) is 0 Å². The minimum Gasteiger partial charge on any atom is -0.379 e. The van der Waals surface area contributed by atoms with Gasteiger partial charge in [-0.15, -0.1) is 0 Å². The minimum atomic E-state index is -1.10. The van der Waals surface area contributed by atoms with Crippen molar-refractivity contribution >= 4 is 29.4 Å². The van der Waals surface area contributed by atoms with Crippen molar-refractivity contribution in [2.45, 2.75) is 50.8 Å². The zero-order valence-electron chi connectivity index (χ0n) is 22.1. The van der Waals surface area contributed by atoms with E-state index in [1.807, 2.05) is 13.0 Å². The normalized spacial score (nSPS) is 18.6. The summed E-state index contributed by atoms with van der Waals surface area (Å²) in [5.41, 5.74) is 0.174. The van der Waals surface area contributed by atoms with Crippen molar-refractivity contribution < 1.29 is 28.3 Å². The van der Waals surface area contributed by atoms with Crippen LogP contribution in [-0.4, -0.2) is 78.5 Å². The molecule has 2 saturated heterocycles. The van der Waals surface area contributed by atoms with Gasteiger partial charge in [0, 0.05) is 32.9 Å². The first-order chi connectivity index (χ1) is 18.1. The molecule has 2 aromatic rings. The fourth-order valence-corrected chi connectivity index (χ4v) is 5.19. The molecule has 0 saturated carbocycles. The van der Waals surface area contributed by atoms with Crippen LogP contribution in [0.4, 0.5) is 14.9 Å². The Kier molecular flexibility index (Phi) is 7.82. The van der Waals surface area contributed by atoms with Gasteiger partial charge in [0.1, 0.15) is 17.4 Å². The summed E-state index contributed by atoms with van der Waals surface area (Å²) in [6.07, 6.45) is 0.403. The molecule has 0 aromatic heterocycles. The van der Waals surface area contributed by atoms with Crippen LogP contribution in [0, 0.1) is 5.82 Å². The lowest BCUT2D eigenvalue weighted by molar-refractivity contribution is -0.141. The number of anilines is 1. The number of urea groups is 1. The number of imide groups is 1. The van der Waals surface area contributed by atoms with E-state index in [0.29, 0.717) is 12.1 Å². The van der Waals surface area contributed by atoms with E-state index >= 15 is 0 Å². The molecule has 5 amide bonds. The summed E-state index contributed by atoms with van der Waals surface area (Å²) in [5.74, 6) is -2.08. The number of methoxy groups -OCH3 is 1. The number of benzene rings is 2.